The highest BCUT2D eigenvalue weighted by molar-refractivity contribution is 6.07. The van der Waals surface area contributed by atoms with Gasteiger partial charge >= 0.3 is 0 Å². The number of nitrogens with zero attached hydrogens (tertiary/aromatic N) is 4. The molecule has 2 aliphatic rings. The van der Waals surface area contributed by atoms with Crippen LogP contribution in [0.1, 0.15) is 36.0 Å². The maximum atomic E-state index is 13.2. The Morgan fingerprint density at radius 1 is 1.14 bits per heavy atom. The molecule has 3 aromatic rings. The van der Waals surface area contributed by atoms with E-state index in [0.717, 1.165) is 29.6 Å². The lowest BCUT2D eigenvalue weighted by molar-refractivity contribution is -0.126. The van der Waals surface area contributed by atoms with Gasteiger partial charge in [0, 0.05) is 49.6 Å². The Morgan fingerprint density at radius 2 is 1.86 bits per heavy atom. The molecule has 2 aromatic heterocycles. The second kappa shape index (κ2) is 6.84. The number of benzene rings is 1. The highest BCUT2D eigenvalue weighted by Gasteiger charge is 2.39. The molecule has 1 aromatic carbocycles. The minimum absolute atomic E-state index is 0.0546. The lowest BCUT2D eigenvalue weighted by Gasteiger charge is -2.46. The monoisotopic (exact) mass is 391 g/mol. The summed E-state index contributed by atoms with van der Waals surface area (Å²) in [6.45, 7) is 0. The number of para-hydroxylation sites is 1. The SMILES string of the molecule is CN1[C@@H]2CC(=O)C[C@H]1C[C@@H](NC(=O)c1cn(-c3cncn3C)c3ccccc13)C2. The molecule has 2 fully saturated rings. The zero-order valence-corrected chi connectivity index (χ0v) is 16.7. The fraction of sp³-hybridized carbons (Fsp3) is 0.409. The highest BCUT2D eigenvalue weighted by atomic mass is 16.1. The van der Waals surface area contributed by atoms with Crippen LogP contribution < -0.4 is 5.32 Å². The molecule has 5 rings (SSSR count). The molecule has 2 bridgehead atoms. The quantitative estimate of drug-likeness (QED) is 0.744. The maximum absolute atomic E-state index is 13.2. The van der Waals surface area contributed by atoms with Crippen molar-refractivity contribution < 1.29 is 9.59 Å². The Balaban J connectivity index is 1.44. The van der Waals surface area contributed by atoms with E-state index in [1.54, 1.807) is 12.5 Å². The Labute approximate surface area is 169 Å². The van der Waals surface area contributed by atoms with Crippen LogP contribution in [0.15, 0.2) is 43.0 Å². The summed E-state index contributed by atoms with van der Waals surface area (Å²) in [5, 5.41) is 4.18. The van der Waals surface area contributed by atoms with Gasteiger partial charge in [0.05, 0.1) is 23.6 Å². The van der Waals surface area contributed by atoms with Crippen molar-refractivity contribution in [3.63, 3.8) is 0 Å². The van der Waals surface area contributed by atoms with Crippen LogP contribution in [0.25, 0.3) is 16.7 Å². The van der Waals surface area contributed by atoms with Crippen LogP contribution in [-0.4, -0.2) is 55.9 Å². The predicted molar refractivity (Wildman–Crippen MR) is 110 cm³/mol. The van der Waals surface area contributed by atoms with Gasteiger partial charge in [-0.05, 0) is 26.0 Å². The lowest BCUT2D eigenvalue weighted by atomic mass is 9.81. The molecule has 0 aliphatic carbocycles. The largest absolute Gasteiger partial charge is 0.349 e. The molecule has 3 atom stereocenters. The minimum atomic E-state index is -0.0546. The van der Waals surface area contributed by atoms with E-state index in [2.05, 4.69) is 22.2 Å². The predicted octanol–water partition coefficient (Wildman–Crippen LogP) is 2.29. The number of ketones is 1. The molecule has 0 radical (unpaired) electrons. The number of hydrogen-bond acceptors (Lipinski definition) is 4. The molecule has 1 N–H and O–H groups in total. The Bertz CT molecular complexity index is 1080. The Hall–Kier alpha value is -2.93. The topological polar surface area (TPSA) is 72.2 Å². The Kier molecular flexibility index (Phi) is 4.28. The lowest BCUT2D eigenvalue weighted by Crippen LogP contribution is -2.57. The third-order valence-electron chi connectivity index (χ3n) is 6.52. The summed E-state index contributed by atoms with van der Waals surface area (Å²) in [5.41, 5.74) is 1.65. The summed E-state index contributed by atoms with van der Waals surface area (Å²) in [4.78, 5) is 31.7. The van der Waals surface area contributed by atoms with Crippen molar-refractivity contribution >= 4 is 22.6 Å². The first-order valence-electron chi connectivity index (χ1n) is 10.1. The van der Waals surface area contributed by atoms with E-state index in [4.69, 9.17) is 0 Å². The fourth-order valence-corrected chi connectivity index (χ4v) is 4.96. The van der Waals surface area contributed by atoms with Gasteiger partial charge in [-0.2, -0.15) is 0 Å². The summed E-state index contributed by atoms with van der Waals surface area (Å²) < 4.78 is 3.95. The first-order valence-corrected chi connectivity index (χ1v) is 10.1. The smallest absolute Gasteiger partial charge is 0.253 e. The van der Waals surface area contributed by atoms with E-state index in [1.807, 2.05) is 46.6 Å². The third kappa shape index (κ3) is 3.06. The highest BCUT2D eigenvalue weighted by Crippen LogP contribution is 2.32. The number of nitrogens with one attached hydrogen (secondary N) is 1. The van der Waals surface area contributed by atoms with Gasteiger partial charge in [0.1, 0.15) is 11.6 Å². The van der Waals surface area contributed by atoms with Crippen LogP contribution in [-0.2, 0) is 11.8 Å². The first kappa shape index (κ1) is 18.1. The van der Waals surface area contributed by atoms with Gasteiger partial charge in [0.25, 0.3) is 5.91 Å². The standard InChI is InChI=1S/C22H25N5O2/c1-25-13-23-11-21(25)27-12-19(18-5-3-4-6-20(18)27)22(29)24-14-7-15-9-17(28)10-16(8-14)26(15)2/h3-6,11-16H,7-10H2,1-2H3,(H,24,29)/t14-,15-,16+. The zero-order valence-electron chi connectivity index (χ0n) is 16.7. The number of carbonyl (C=O) groups excluding carboxylic acids is 2. The summed E-state index contributed by atoms with van der Waals surface area (Å²) in [6.07, 6.45) is 8.29. The first-order chi connectivity index (χ1) is 14.0. The van der Waals surface area contributed by atoms with Crippen molar-refractivity contribution in [2.75, 3.05) is 7.05 Å². The average Bonchev–Trinajstić information content (AvgIpc) is 3.27. The van der Waals surface area contributed by atoms with E-state index in [-0.39, 0.29) is 24.0 Å². The van der Waals surface area contributed by atoms with Crippen molar-refractivity contribution in [2.24, 2.45) is 7.05 Å². The van der Waals surface area contributed by atoms with Crippen LogP contribution in [0, 0.1) is 0 Å². The van der Waals surface area contributed by atoms with Gasteiger partial charge in [-0.1, -0.05) is 18.2 Å². The van der Waals surface area contributed by atoms with Gasteiger partial charge in [-0.25, -0.2) is 4.98 Å². The molecule has 150 valence electrons. The number of amides is 1. The number of Topliss-reactive ketones (excluding diaryl/α,β-unsaturated/α-hetero) is 1. The van der Waals surface area contributed by atoms with E-state index in [1.165, 1.54) is 0 Å². The number of carbonyl (C=O) groups is 2. The van der Waals surface area contributed by atoms with Crippen LogP contribution in [0.4, 0.5) is 0 Å². The van der Waals surface area contributed by atoms with Gasteiger partial charge in [0.15, 0.2) is 0 Å². The molecule has 1 amide bonds. The number of imidazole rings is 1. The maximum Gasteiger partial charge on any atom is 0.253 e. The number of piperidine rings is 2. The van der Waals surface area contributed by atoms with Crippen LogP contribution in [0.2, 0.25) is 0 Å². The van der Waals surface area contributed by atoms with E-state index < -0.39 is 0 Å². The van der Waals surface area contributed by atoms with Crippen molar-refractivity contribution in [1.82, 2.24) is 24.3 Å². The molecule has 29 heavy (non-hydrogen) atoms. The van der Waals surface area contributed by atoms with E-state index >= 15 is 0 Å². The molecule has 2 saturated heterocycles. The second-order valence-corrected chi connectivity index (χ2v) is 8.35. The van der Waals surface area contributed by atoms with Crippen molar-refractivity contribution in [1.29, 1.82) is 0 Å². The van der Waals surface area contributed by atoms with Gasteiger partial charge in [-0.3, -0.25) is 14.5 Å². The zero-order chi connectivity index (χ0) is 20.1. The number of aryl methyl sites for hydroxylation is 1. The Morgan fingerprint density at radius 3 is 2.55 bits per heavy atom. The third-order valence-corrected chi connectivity index (χ3v) is 6.52. The van der Waals surface area contributed by atoms with Crippen molar-refractivity contribution in [2.45, 2.75) is 43.8 Å². The molecule has 7 nitrogen and oxygen atoms in total. The molecule has 2 aliphatic heterocycles. The number of fused-ring (bicyclic) bond motifs is 3. The van der Waals surface area contributed by atoms with Gasteiger partial charge < -0.3 is 14.5 Å². The van der Waals surface area contributed by atoms with Gasteiger partial charge in [-0.15, -0.1) is 0 Å². The van der Waals surface area contributed by atoms with Crippen LogP contribution >= 0.6 is 0 Å². The molecular formula is C22H25N5O2. The van der Waals surface area contributed by atoms with Crippen LogP contribution in [0.3, 0.4) is 0 Å². The van der Waals surface area contributed by atoms with E-state index in [9.17, 15) is 9.59 Å². The molecule has 0 spiro atoms. The van der Waals surface area contributed by atoms with E-state index in [0.29, 0.717) is 24.2 Å². The van der Waals surface area contributed by atoms with Crippen molar-refractivity contribution in [3.8, 4) is 5.82 Å². The number of rotatable bonds is 3. The van der Waals surface area contributed by atoms with Crippen LogP contribution in [0.5, 0.6) is 0 Å². The molecular weight excluding hydrogens is 366 g/mol. The molecule has 7 heteroatoms. The molecule has 4 heterocycles. The summed E-state index contributed by atoms with van der Waals surface area (Å²) in [7, 11) is 4.04. The average molecular weight is 391 g/mol. The summed E-state index contributed by atoms with van der Waals surface area (Å²) >= 11 is 0. The van der Waals surface area contributed by atoms with Gasteiger partial charge in [0.2, 0.25) is 0 Å². The molecule has 0 unspecified atom stereocenters. The summed E-state index contributed by atoms with van der Waals surface area (Å²) in [6, 6.07) is 8.50. The van der Waals surface area contributed by atoms with Crippen molar-refractivity contribution in [3.05, 3.63) is 48.5 Å². The fourth-order valence-electron chi connectivity index (χ4n) is 4.96. The minimum Gasteiger partial charge on any atom is -0.349 e. The number of hydrogen-bond donors (Lipinski definition) is 1. The molecule has 0 saturated carbocycles. The normalized spacial score (nSPS) is 24.8. The number of aromatic nitrogens is 3. The summed E-state index contributed by atoms with van der Waals surface area (Å²) in [5.74, 6) is 1.20. The second-order valence-electron chi connectivity index (χ2n) is 8.35.